The first kappa shape index (κ1) is 12.0. The first-order valence-corrected chi connectivity index (χ1v) is 6.52. The van der Waals surface area contributed by atoms with Crippen molar-refractivity contribution in [3.63, 3.8) is 0 Å². The van der Waals surface area contributed by atoms with Gasteiger partial charge in [0, 0.05) is 30.7 Å². The number of nitrogens with zero attached hydrogens (tertiary/aromatic N) is 3. The molecule has 0 unspecified atom stereocenters. The molecule has 2 heterocycles. The lowest BCUT2D eigenvalue weighted by Gasteiger charge is -2.22. The van der Waals surface area contributed by atoms with Gasteiger partial charge in [0.05, 0.1) is 5.52 Å². The fourth-order valence-corrected chi connectivity index (χ4v) is 2.55. The second-order valence-corrected chi connectivity index (χ2v) is 4.78. The molecule has 19 heavy (non-hydrogen) atoms. The van der Waals surface area contributed by atoms with Crippen LogP contribution in [0.25, 0.3) is 10.9 Å². The summed E-state index contributed by atoms with van der Waals surface area (Å²) in [5.74, 6) is 0.151. The Kier molecular flexibility index (Phi) is 3.13. The van der Waals surface area contributed by atoms with Gasteiger partial charge in [0.1, 0.15) is 0 Å². The third kappa shape index (κ3) is 2.17. The van der Waals surface area contributed by atoms with Crippen molar-refractivity contribution in [2.75, 3.05) is 13.1 Å². The van der Waals surface area contributed by atoms with Crippen LogP contribution < -0.4 is 5.73 Å². The summed E-state index contributed by atoms with van der Waals surface area (Å²) in [6.07, 6.45) is 3.67. The molecule has 0 spiro atoms. The summed E-state index contributed by atoms with van der Waals surface area (Å²) in [6, 6.07) is 7.78. The molecular weight excluding hydrogens is 240 g/mol. The van der Waals surface area contributed by atoms with Crippen LogP contribution in [0.3, 0.4) is 0 Å². The molecule has 1 atom stereocenters. The number of para-hydroxylation sites is 1. The zero-order valence-electron chi connectivity index (χ0n) is 10.6. The van der Waals surface area contributed by atoms with Gasteiger partial charge in [-0.05, 0) is 18.9 Å². The van der Waals surface area contributed by atoms with Crippen LogP contribution in [0, 0.1) is 0 Å². The Labute approximate surface area is 111 Å². The van der Waals surface area contributed by atoms with Gasteiger partial charge < -0.3 is 10.6 Å². The Morgan fingerprint density at radius 2 is 2.26 bits per heavy atom. The molecular formula is C14H16N4O. The monoisotopic (exact) mass is 256 g/mol. The molecule has 5 nitrogen and oxygen atoms in total. The number of rotatable bonds is 2. The SMILES string of the molecule is NC[C@H]1CCCN1C(=O)c1ncc2ccccc2n1. The Morgan fingerprint density at radius 3 is 3.11 bits per heavy atom. The van der Waals surface area contributed by atoms with E-state index in [0.717, 1.165) is 30.3 Å². The number of nitrogens with two attached hydrogens (primary N) is 1. The molecule has 1 amide bonds. The zero-order valence-corrected chi connectivity index (χ0v) is 10.6. The van der Waals surface area contributed by atoms with Crippen molar-refractivity contribution in [3.8, 4) is 0 Å². The van der Waals surface area contributed by atoms with Crippen LogP contribution in [0.4, 0.5) is 0 Å². The molecule has 2 aromatic rings. The summed E-state index contributed by atoms with van der Waals surface area (Å²) in [6.45, 7) is 1.25. The topological polar surface area (TPSA) is 72.1 Å². The largest absolute Gasteiger partial charge is 0.332 e. The zero-order chi connectivity index (χ0) is 13.2. The Morgan fingerprint density at radius 1 is 1.42 bits per heavy atom. The van der Waals surface area contributed by atoms with Crippen molar-refractivity contribution >= 4 is 16.8 Å². The highest BCUT2D eigenvalue weighted by Gasteiger charge is 2.29. The fraction of sp³-hybridized carbons (Fsp3) is 0.357. The second kappa shape index (κ2) is 4.93. The van der Waals surface area contributed by atoms with Gasteiger partial charge in [-0.15, -0.1) is 0 Å². The predicted molar refractivity (Wildman–Crippen MR) is 72.7 cm³/mol. The van der Waals surface area contributed by atoms with Gasteiger partial charge in [-0.3, -0.25) is 4.79 Å². The number of hydrogen-bond acceptors (Lipinski definition) is 4. The van der Waals surface area contributed by atoms with Crippen molar-refractivity contribution in [2.24, 2.45) is 5.73 Å². The van der Waals surface area contributed by atoms with Crippen molar-refractivity contribution in [1.82, 2.24) is 14.9 Å². The fourth-order valence-electron chi connectivity index (χ4n) is 2.55. The van der Waals surface area contributed by atoms with Crippen LogP contribution in [-0.4, -0.2) is 39.9 Å². The van der Waals surface area contributed by atoms with Crippen molar-refractivity contribution in [3.05, 3.63) is 36.3 Å². The molecule has 1 saturated heterocycles. The summed E-state index contributed by atoms with van der Waals surface area (Å²) < 4.78 is 0. The van der Waals surface area contributed by atoms with E-state index in [9.17, 15) is 4.79 Å². The van der Waals surface area contributed by atoms with E-state index in [0.29, 0.717) is 6.54 Å². The molecule has 5 heteroatoms. The molecule has 0 saturated carbocycles. The number of hydrogen-bond donors (Lipinski definition) is 1. The normalized spacial score (nSPS) is 19.0. The van der Waals surface area contributed by atoms with Crippen LogP contribution in [0.1, 0.15) is 23.5 Å². The second-order valence-electron chi connectivity index (χ2n) is 4.78. The summed E-state index contributed by atoms with van der Waals surface area (Å²) in [4.78, 5) is 22.7. The third-order valence-electron chi connectivity index (χ3n) is 3.59. The highest BCUT2D eigenvalue weighted by atomic mass is 16.2. The maximum Gasteiger partial charge on any atom is 0.291 e. The Bertz CT molecular complexity index is 613. The molecule has 3 rings (SSSR count). The van der Waals surface area contributed by atoms with E-state index >= 15 is 0 Å². The van der Waals surface area contributed by atoms with Crippen LogP contribution in [-0.2, 0) is 0 Å². The summed E-state index contributed by atoms with van der Waals surface area (Å²) in [5.41, 5.74) is 6.49. The summed E-state index contributed by atoms with van der Waals surface area (Å²) in [7, 11) is 0. The lowest BCUT2D eigenvalue weighted by atomic mass is 10.2. The number of likely N-dealkylation sites (tertiary alicyclic amines) is 1. The molecule has 2 N–H and O–H groups in total. The molecule has 1 aliphatic heterocycles. The van der Waals surface area contributed by atoms with E-state index in [-0.39, 0.29) is 17.8 Å². The van der Waals surface area contributed by atoms with Crippen LogP contribution in [0.5, 0.6) is 0 Å². The molecule has 0 aliphatic carbocycles. The van der Waals surface area contributed by atoms with Gasteiger partial charge in [-0.25, -0.2) is 9.97 Å². The molecule has 0 bridgehead atoms. The minimum atomic E-state index is -0.112. The van der Waals surface area contributed by atoms with Crippen molar-refractivity contribution in [2.45, 2.75) is 18.9 Å². The lowest BCUT2D eigenvalue weighted by Crippen LogP contribution is -2.40. The molecule has 1 aromatic carbocycles. The predicted octanol–water partition coefficient (Wildman–Crippen LogP) is 1.19. The first-order valence-electron chi connectivity index (χ1n) is 6.52. The Hall–Kier alpha value is -2.01. The minimum Gasteiger partial charge on any atom is -0.332 e. The Balaban J connectivity index is 1.93. The molecule has 98 valence electrons. The number of carbonyl (C=O) groups is 1. The number of fused-ring (bicyclic) bond motifs is 1. The van der Waals surface area contributed by atoms with Gasteiger partial charge in [-0.1, -0.05) is 18.2 Å². The number of amides is 1. The van der Waals surface area contributed by atoms with Crippen LogP contribution >= 0.6 is 0 Å². The quantitative estimate of drug-likeness (QED) is 0.876. The molecule has 0 radical (unpaired) electrons. The summed E-state index contributed by atoms with van der Waals surface area (Å²) >= 11 is 0. The van der Waals surface area contributed by atoms with Gasteiger partial charge in [0.15, 0.2) is 0 Å². The lowest BCUT2D eigenvalue weighted by molar-refractivity contribution is 0.0729. The average Bonchev–Trinajstić information content (AvgIpc) is 2.94. The molecule has 1 fully saturated rings. The number of aromatic nitrogens is 2. The van der Waals surface area contributed by atoms with Gasteiger partial charge >= 0.3 is 0 Å². The van der Waals surface area contributed by atoms with E-state index in [2.05, 4.69) is 9.97 Å². The van der Waals surface area contributed by atoms with Gasteiger partial charge in [0.25, 0.3) is 5.91 Å². The smallest absolute Gasteiger partial charge is 0.291 e. The van der Waals surface area contributed by atoms with Crippen LogP contribution in [0.15, 0.2) is 30.5 Å². The number of carbonyl (C=O) groups excluding carboxylic acids is 1. The molecule has 1 aromatic heterocycles. The molecule has 1 aliphatic rings. The van der Waals surface area contributed by atoms with Crippen molar-refractivity contribution < 1.29 is 4.79 Å². The van der Waals surface area contributed by atoms with E-state index in [4.69, 9.17) is 5.73 Å². The van der Waals surface area contributed by atoms with Crippen molar-refractivity contribution in [1.29, 1.82) is 0 Å². The number of benzene rings is 1. The third-order valence-corrected chi connectivity index (χ3v) is 3.59. The minimum absolute atomic E-state index is 0.112. The van der Waals surface area contributed by atoms with Crippen LogP contribution in [0.2, 0.25) is 0 Å². The standard InChI is InChI=1S/C14H16N4O/c15-8-11-5-3-7-18(11)14(19)13-16-9-10-4-1-2-6-12(10)17-13/h1-2,4,6,9,11H,3,5,7-8,15H2/t11-/m1/s1. The average molecular weight is 256 g/mol. The van der Waals surface area contributed by atoms with Gasteiger partial charge in [-0.2, -0.15) is 0 Å². The van der Waals surface area contributed by atoms with Gasteiger partial charge in [0.2, 0.25) is 5.82 Å². The maximum atomic E-state index is 12.4. The van der Waals surface area contributed by atoms with E-state index < -0.39 is 0 Å². The summed E-state index contributed by atoms with van der Waals surface area (Å²) in [5, 5.41) is 0.941. The highest BCUT2D eigenvalue weighted by Crippen LogP contribution is 2.19. The highest BCUT2D eigenvalue weighted by molar-refractivity contribution is 5.93. The van der Waals surface area contributed by atoms with E-state index in [1.165, 1.54) is 0 Å². The first-order chi connectivity index (χ1) is 9.29. The van der Waals surface area contributed by atoms with E-state index in [1.807, 2.05) is 24.3 Å². The maximum absolute atomic E-state index is 12.4. The van der Waals surface area contributed by atoms with E-state index in [1.54, 1.807) is 11.1 Å².